The molecule has 0 aliphatic heterocycles. The highest BCUT2D eigenvalue weighted by Crippen LogP contribution is 2.27. The Hall–Kier alpha value is -0.0900. The van der Waals surface area contributed by atoms with Gasteiger partial charge in [-0.3, -0.25) is 0 Å². The largest absolute Gasteiger partial charge is 0.362 e. The maximum absolute atomic E-state index is 10.8. The van der Waals surface area contributed by atoms with Crippen LogP contribution in [0.2, 0.25) is 0 Å². The molecule has 0 N–H and O–H groups in total. The summed E-state index contributed by atoms with van der Waals surface area (Å²) in [5, 5.41) is 0. The molecule has 0 radical (unpaired) electrons. The van der Waals surface area contributed by atoms with Gasteiger partial charge in [0, 0.05) is 6.26 Å². The summed E-state index contributed by atoms with van der Waals surface area (Å²) >= 11 is 0. The molecule has 1 aliphatic carbocycles. The number of ether oxygens (including phenoxy) is 1. The van der Waals surface area contributed by atoms with Crippen molar-refractivity contribution in [2.45, 2.75) is 32.3 Å². The van der Waals surface area contributed by atoms with Gasteiger partial charge in [-0.05, 0) is 18.8 Å². The third-order valence-corrected chi connectivity index (χ3v) is 2.84. The van der Waals surface area contributed by atoms with Crippen molar-refractivity contribution in [3.05, 3.63) is 0 Å². The molecule has 72 valence electrons. The Kier molecular flexibility index (Phi) is 3.12. The molecule has 12 heavy (non-hydrogen) atoms. The number of rotatable bonds is 3. The Balaban J connectivity index is 2.32. The molecule has 0 amide bonds. The van der Waals surface area contributed by atoms with E-state index in [2.05, 4.69) is 6.92 Å². The Morgan fingerprint density at radius 3 is 2.50 bits per heavy atom. The van der Waals surface area contributed by atoms with E-state index in [9.17, 15) is 8.42 Å². The van der Waals surface area contributed by atoms with Gasteiger partial charge >= 0.3 is 0 Å². The van der Waals surface area contributed by atoms with Gasteiger partial charge in [0.2, 0.25) is 0 Å². The third kappa shape index (κ3) is 3.11. The zero-order valence-corrected chi connectivity index (χ0v) is 8.43. The zero-order valence-electron chi connectivity index (χ0n) is 7.62. The molecule has 0 aromatic rings. The standard InChI is InChI=1S/C8H16O3S/c1-7-4-3-5-8(7)11-6-12(2,9)10/h7-8H,3-6H2,1-2H3/t7-,8-/m0/s1. The molecule has 0 bridgehead atoms. The van der Waals surface area contributed by atoms with Crippen molar-refractivity contribution < 1.29 is 13.2 Å². The van der Waals surface area contributed by atoms with E-state index >= 15 is 0 Å². The SMILES string of the molecule is C[C@H]1CCC[C@@H]1OCS(C)(=O)=O. The van der Waals surface area contributed by atoms with Crippen molar-refractivity contribution in [2.75, 3.05) is 12.2 Å². The third-order valence-electron chi connectivity index (χ3n) is 2.28. The van der Waals surface area contributed by atoms with E-state index in [-0.39, 0.29) is 12.0 Å². The maximum Gasteiger partial charge on any atom is 0.171 e. The van der Waals surface area contributed by atoms with E-state index in [0.29, 0.717) is 5.92 Å². The summed E-state index contributed by atoms with van der Waals surface area (Å²) < 4.78 is 26.8. The van der Waals surface area contributed by atoms with Crippen molar-refractivity contribution in [2.24, 2.45) is 5.92 Å². The summed E-state index contributed by atoms with van der Waals surface area (Å²) in [5.74, 6) is 0.397. The Labute approximate surface area is 74.0 Å². The molecule has 3 nitrogen and oxygen atoms in total. The second-order valence-corrected chi connectivity index (χ2v) is 5.74. The Bertz CT molecular complexity index is 233. The lowest BCUT2D eigenvalue weighted by Crippen LogP contribution is -2.19. The molecular weight excluding hydrogens is 176 g/mol. The summed E-state index contributed by atoms with van der Waals surface area (Å²) in [6.45, 7) is 2.11. The van der Waals surface area contributed by atoms with Gasteiger partial charge in [-0.2, -0.15) is 0 Å². The molecule has 0 aromatic heterocycles. The lowest BCUT2D eigenvalue weighted by atomic mass is 10.1. The first kappa shape index (κ1) is 9.99. The van der Waals surface area contributed by atoms with Crippen LogP contribution in [-0.4, -0.2) is 26.7 Å². The molecule has 0 heterocycles. The minimum absolute atomic E-state index is 0.123. The van der Waals surface area contributed by atoms with Gasteiger partial charge in [-0.15, -0.1) is 0 Å². The predicted molar refractivity (Wildman–Crippen MR) is 47.6 cm³/mol. The number of sulfone groups is 1. The highest BCUT2D eigenvalue weighted by molar-refractivity contribution is 7.90. The van der Waals surface area contributed by atoms with Crippen molar-refractivity contribution in [1.29, 1.82) is 0 Å². The van der Waals surface area contributed by atoms with Gasteiger partial charge in [-0.25, -0.2) is 8.42 Å². The van der Waals surface area contributed by atoms with E-state index in [4.69, 9.17) is 4.74 Å². The molecular formula is C8H16O3S. The lowest BCUT2D eigenvalue weighted by molar-refractivity contribution is 0.0627. The van der Waals surface area contributed by atoms with Crippen LogP contribution in [-0.2, 0) is 14.6 Å². The van der Waals surface area contributed by atoms with Crippen LogP contribution in [0.3, 0.4) is 0 Å². The molecule has 1 rings (SSSR count). The second-order valence-electron chi connectivity index (χ2n) is 3.66. The Morgan fingerprint density at radius 1 is 1.42 bits per heavy atom. The highest BCUT2D eigenvalue weighted by atomic mass is 32.2. The van der Waals surface area contributed by atoms with Gasteiger partial charge in [0.05, 0.1) is 6.10 Å². The summed E-state index contributed by atoms with van der Waals surface area (Å²) in [5.41, 5.74) is 0. The maximum atomic E-state index is 10.8. The summed E-state index contributed by atoms with van der Waals surface area (Å²) in [6, 6.07) is 0. The van der Waals surface area contributed by atoms with Crippen LogP contribution in [0.25, 0.3) is 0 Å². The summed E-state index contributed by atoms with van der Waals surface area (Å²) in [7, 11) is -2.96. The fourth-order valence-electron chi connectivity index (χ4n) is 1.57. The van der Waals surface area contributed by atoms with Gasteiger partial charge in [-0.1, -0.05) is 13.3 Å². The first-order chi connectivity index (χ1) is 5.49. The quantitative estimate of drug-likeness (QED) is 0.674. The lowest BCUT2D eigenvalue weighted by Gasteiger charge is -2.15. The zero-order chi connectivity index (χ0) is 9.19. The van der Waals surface area contributed by atoms with E-state index in [1.165, 1.54) is 6.26 Å². The molecule has 4 heteroatoms. The average molecular weight is 192 g/mol. The minimum Gasteiger partial charge on any atom is -0.362 e. The van der Waals surface area contributed by atoms with Crippen LogP contribution in [0.5, 0.6) is 0 Å². The fraction of sp³-hybridized carbons (Fsp3) is 1.00. The molecule has 0 spiro atoms. The predicted octanol–water partition coefficient (Wildman–Crippen LogP) is 1.19. The molecule has 2 atom stereocenters. The topological polar surface area (TPSA) is 43.4 Å². The van der Waals surface area contributed by atoms with Gasteiger partial charge in [0.15, 0.2) is 9.84 Å². The van der Waals surface area contributed by atoms with Gasteiger partial charge in [0.25, 0.3) is 0 Å². The van der Waals surface area contributed by atoms with Crippen LogP contribution in [0.4, 0.5) is 0 Å². The van der Waals surface area contributed by atoms with E-state index in [0.717, 1.165) is 19.3 Å². The van der Waals surface area contributed by atoms with E-state index in [1.807, 2.05) is 0 Å². The van der Waals surface area contributed by atoms with Gasteiger partial charge < -0.3 is 4.74 Å². The van der Waals surface area contributed by atoms with Crippen LogP contribution in [0.15, 0.2) is 0 Å². The number of hydrogen-bond donors (Lipinski definition) is 0. The summed E-state index contributed by atoms with van der Waals surface area (Å²) in [4.78, 5) is 0. The monoisotopic (exact) mass is 192 g/mol. The minimum atomic E-state index is -2.96. The van der Waals surface area contributed by atoms with Gasteiger partial charge in [0.1, 0.15) is 5.94 Å². The average Bonchev–Trinajstić information content (AvgIpc) is 2.29. The van der Waals surface area contributed by atoms with Crippen LogP contribution in [0, 0.1) is 5.92 Å². The summed E-state index contributed by atoms with van der Waals surface area (Å²) in [6.07, 6.45) is 4.70. The first-order valence-corrected chi connectivity index (χ1v) is 6.34. The highest BCUT2D eigenvalue weighted by Gasteiger charge is 2.24. The molecule has 1 aliphatic rings. The fourth-order valence-corrected chi connectivity index (χ4v) is 1.99. The van der Waals surface area contributed by atoms with Crippen molar-refractivity contribution in [1.82, 2.24) is 0 Å². The molecule has 0 aromatic carbocycles. The van der Waals surface area contributed by atoms with E-state index in [1.54, 1.807) is 0 Å². The first-order valence-electron chi connectivity index (χ1n) is 4.28. The molecule has 1 fully saturated rings. The molecule has 0 saturated heterocycles. The molecule has 1 saturated carbocycles. The second kappa shape index (κ2) is 3.75. The van der Waals surface area contributed by atoms with Crippen molar-refractivity contribution >= 4 is 9.84 Å². The van der Waals surface area contributed by atoms with Crippen molar-refractivity contribution in [3.8, 4) is 0 Å². The van der Waals surface area contributed by atoms with Crippen LogP contribution in [0.1, 0.15) is 26.2 Å². The smallest absolute Gasteiger partial charge is 0.171 e. The van der Waals surface area contributed by atoms with Crippen molar-refractivity contribution in [3.63, 3.8) is 0 Å². The molecule has 0 unspecified atom stereocenters. The normalized spacial score (nSPS) is 30.8. The van der Waals surface area contributed by atoms with E-state index < -0.39 is 9.84 Å². The Morgan fingerprint density at radius 2 is 2.08 bits per heavy atom. The number of hydrogen-bond acceptors (Lipinski definition) is 3. The van der Waals surface area contributed by atoms with Crippen LogP contribution >= 0.6 is 0 Å². The van der Waals surface area contributed by atoms with Crippen LogP contribution < -0.4 is 0 Å².